The highest BCUT2D eigenvalue weighted by atomic mass is 35.5. The third-order valence-corrected chi connectivity index (χ3v) is 3.70. The minimum atomic E-state index is -0.581. The highest BCUT2D eigenvalue weighted by molar-refractivity contribution is 6.31. The molecule has 2 aromatic carbocycles. The third-order valence-electron chi connectivity index (χ3n) is 3.47. The number of halogens is 2. The number of nitrogens with zero attached hydrogens (tertiary/aromatic N) is 1. The Morgan fingerprint density at radius 3 is 2.75 bits per heavy atom. The van der Waals surface area contributed by atoms with Gasteiger partial charge >= 0.3 is 5.97 Å². The number of carbonyl (C=O) groups is 1. The van der Waals surface area contributed by atoms with Gasteiger partial charge in [-0.3, -0.25) is 0 Å². The van der Waals surface area contributed by atoms with Crippen molar-refractivity contribution in [3.05, 3.63) is 70.6 Å². The van der Waals surface area contributed by atoms with Crippen LogP contribution in [0.25, 0.3) is 10.9 Å². The van der Waals surface area contributed by atoms with Gasteiger partial charge in [-0.25, -0.2) is 14.2 Å². The minimum absolute atomic E-state index is 0.0128. The first-order valence-electron chi connectivity index (χ1n) is 7.13. The summed E-state index contributed by atoms with van der Waals surface area (Å²) in [5.74, 6) is -0.559. The minimum Gasteiger partial charge on any atom is -0.488 e. The Hall–Kier alpha value is -2.66. The van der Waals surface area contributed by atoms with Crippen molar-refractivity contribution in [2.75, 3.05) is 7.11 Å². The Labute approximate surface area is 142 Å². The summed E-state index contributed by atoms with van der Waals surface area (Å²) in [6.45, 7) is 0.0128. The molecule has 0 saturated carbocycles. The van der Waals surface area contributed by atoms with Crippen molar-refractivity contribution in [1.82, 2.24) is 4.98 Å². The molecule has 0 aliphatic heterocycles. The van der Waals surface area contributed by atoms with Crippen molar-refractivity contribution in [3.8, 4) is 5.75 Å². The quantitative estimate of drug-likeness (QED) is 0.658. The zero-order valence-corrected chi connectivity index (χ0v) is 13.5. The summed E-state index contributed by atoms with van der Waals surface area (Å²) in [5, 5.41) is 1.14. The van der Waals surface area contributed by atoms with Gasteiger partial charge in [-0.1, -0.05) is 29.8 Å². The largest absolute Gasteiger partial charge is 0.488 e. The molecule has 1 heterocycles. The molecule has 3 aromatic rings. The molecular weight excluding hydrogens is 333 g/mol. The number of hydrogen-bond donors (Lipinski definition) is 0. The molecule has 122 valence electrons. The maximum atomic E-state index is 13.7. The van der Waals surface area contributed by atoms with Gasteiger partial charge in [0.05, 0.1) is 12.6 Å². The zero-order valence-electron chi connectivity index (χ0n) is 12.8. The van der Waals surface area contributed by atoms with E-state index in [2.05, 4.69) is 4.98 Å². The van der Waals surface area contributed by atoms with Crippen molar-refractivity contribution in [3.63, 3.8) is 0 Å². The number of fused-ring (bicyclic) bond motifs is 1. The summed E-state index contributed by atoms with van der Waals surface area (Å²) in [6, 6.07) is 12.8. The van der Waals surface area contributed by atoms with Crippen molar-refractivity contribution in [2.24, 2.45) is 0 Å². The predicted octanol–water partition coefficient (Wildman–Crippen LogP) is 4.39. The van der Waals surface area contributed by atoms with Crippen molar-refractivity contribution < 1.29 is 18.7 Å². The molecule has 0 N–H and O–H groups in total. The number of esters is 1. The fourth-order valence-electron chi connectivity index (χ4n) is 2.27. The molecule has 0 aliphatic rings. The van der Waals surface area contributed by atoms with E-state index in [0.29, 0.717) is 27.2 Å². The summed E-state index contributed by atoms with van der Waals surface area (Å²) >= 11 is 6.03. The number of benzene rings is 2. The highest BCUT2D eigenvalue weighted by Gasteiger charge is 2.14. The van der Waals surface area contributed by atoms with E-state index in [-0.39, 0.29) is 18.1 Å². The smallest absolute Gasteiger partial charge is 0.356 e. The van der Waals surface area contributed by atoms with E-state index >= 15 is 0 Å². The van der Waals surface area contributed by atoms with Gasteiger partial charge in [0.1, 0.15) is 18.2 Å². The van der Waals surface area contributed by atoms with E-state index < -0.39 is 5.97 Å². The highest BCUT2D eigenvalue weighted by Crippen LogP contribution is 2.29. The normalized spacial score (nSPS) is 10.6. The second-order valence-corrected chi connectivity index (χ2v) is 5.48. The Morgan fingerprint density at radius 2 is 2.00 bits per heavy atom. The average molecular weight is 346 g/mol. The first-order valence-corrected chi connectivity index (χ1v) is 7.51. The zero-order chi connectivity index (χ0) is 17.1. The molecular formula is C18H13ClFNO3. The van der Waals surface area contributed by atoms with E-state index in [4.69, 9.17) is 21.1 Å². The van der Waals surface area contributed by atoms with Crippen LogP contribution in [-0.4, -0.2) is 18.1 Å². The average Bonchev–Trinajstić information content (AvgIpc) is 2.60. The molecule has 0 aliphatic carbocycles. The van der Waals surface area contributed by atoms with Gasteiger partial charge in [-0.2, -0.15) is 0 Å². The van der Waals surface area contributed by atoms with E-state index in [0.717, 1.165) is 0 Å². The van der Waals surface area contributed by atoms with Crippen LogP contribution in [-0.2, 0) is 11.3 Å². The Morgan fingerprint density at radius 1 is 1.21 bits per heavy atom. The molecule has 3 rings (SSSR count). The van der Waals surface area contributed by atoms with Gasteiger partial charge in [-0.15, -0.1) is 0 Å². The van der Waals surface area contributed by atoms with Crippen LogP contribution in [0.3, 0.4) is 0 Å². The fourth-order valence-corrected chi connectivity index (χ4v) is 2.44. The Balaban J connectivity index is 2.02. The van der Waals surface area contributed by atoms with Crippen LogP contribution >= 0.6 is 11.6 Å². The molecule has 0 spiro atoms. The molecule has 6 heteroatoms. The summed E-state index contributed by atoms with van der Waals surface area (Å²) in [4.78, 5) is 16.0. The first-order chi connectivity index (χ1) is 11.6. The van der Waals surface area contributed by atoms with Crippen molar-refractivity contribution >= 4 is 28.5 Å². The standard InChI is InChI=1S/C18H13ClFNO3/c1-23-18(22)16-9-17(13-8-12(19)6-7-15(13)21-16)24-10-11-4-2-3-5-14(11)20/h2-9H,10H2,1H3. The lowest BCUT2D eigenvalue weighted by molar-refractivity contribution is 0.0594. The molecule has 0 amide bonds. The van der Waals surface area contributed by atoms with Gasteiger partial charge in [0, 0.05) is 22.0 Å². The summed E-state index contributed by atoms with van der Waals surface area (Å²) < 4.78 is 24.2. The second-order valence-electron chi connectivity index (χ2n) is 5.04. The van der Waals surface area contributed by atoms with Crippen LogP contribution in [0.4, 0.5) is 4.39 Å². The SMILES string of the molecule is COC(=O)c1cc(OCc2ccccc2F)c2cc(Cl)ccc2n1. The Bertz CT molecular complexity index is 914. The lowest BCUT2D eigenvalue weighted by Gasteiger charge is -2.11. The molecule has 0 unspecified atom stereocenters. The number of pyridine rings is 1. The molecule has 4 nitrogen and oxygen atoms in total. The molecule has 0 bridgehead atoms. The first kappa shape index (κ1) is 16.2. The van der Waals surface area contributed by atoms with Crippen molar-refractivity contribution in [1.29, 1.82) is 0 Å². The van der Waals surface area contributed by atoms with Gasteiger partial charge in [0.2, 0.25) is 0 Å². The summed E-state index contributed by atoms with van der Waals surface area (Å²) in [6.07, 6.45) is 0. The monoisotopic (exact) mass is 345 g/mol. The molecule has 1 aromatic heterocycles. The topological polar surface area (TPSA) is 48.4 Å². The summed E-state index contributed by atoms with van der Waals surface area (Å²) in [5.41, 5.74) is 1.05. The number of aromatic nitrogens is 1. The Kier molecular flexibility index (Phi) is 4.62. The number of carbonyl (C=O) groups excluding carboxylic acids is 1. The van der Waals surface area contributed by atoms with Gasteiger partial charge in [0.15, 0.2) is 5.69 Å². The third kappa shape index (κ3) is 3.31. The summed E-state index contributed by atoms with van der Waals surface area (Å²) in [7, 11) is 1.27. The van der Waals surface area contributed by atoms with Crippen LogP contribution in [0.2, 0.25) is 5.02 Å². The fraction of sp³-hybridized carbons (Fsp3) is 0.111. The predicted molar refractivity (Wildman–Crippen MR) is 88.8 cm³/mol. The van der Waals surface area contributed by atoms with Gasteiger partial charge in [-0.05, 0) is 24.3 Å². The van der Waals surface area contributed by atoms with Crippen molar-refractivity contribution in [2.45, 2.75) is 6.61 Å². The van der Waals surface area contributed by atoms with E-state index in [1.165, 1.54) is 19.2 Å². The van der Waals surface area contributed by atoms with Crippen LogP contribution < -0.4 is 4.74 Å². The maximum absolute atomic E-state index is 13.7. The number of hydrogen-bond acceptors (Lipinski definition) is 4. The molecule has 0 saturated heterocycles. The number of ether oxygens (including phenoxy) is 2. The number of methoxy groups -OCH3 is 1. The lowest BCUT2D eigenvalue weighted by atomic mass is 10.1. The van der Waals surface area contributed by atoms with Crippen LogP contribution in [0.1, 0.15) is 16.1 Å². The van der Waals surface area contributed by atoms with Crippen LogP contribution in [0, 0.1) is 5.82 Å². The molecule has 0 radical (unpaired) electrons. The van der Waals surface area contributed by atoms with Gasteiger partial charge in [0.25, 0.3) is 0 Å². The van der Waals surface area contributed by atoms with E-state index in [1.807, 2.05) is 0 Å². The second kappa shape index (κ2) is 6.84. The van der Waals surface area contributed by atoms with Gasteiger partial charge < -0.3 is 9.47 Å². The maximum Gasteiger partial charge on any atom is 0.356 e. The molecule has 24 heavy (non-hydrogen) atoms. The lowest BCUT2D eigenvalue weighted by Crippen LogP contribution is -2.06. The number of rotatable bonds is 4. The molecule has 0 fully saturated rings. The van der Waals surface area contributed by atoms with Crippen LogP contribution in [0.15, 0.2) is 48.5 Å². The van der Waals surface area contributed by atoms with Crippen LogP contribution in [0.5, 0.6) is 5.75 Å². The van der Waals surface area contributed by atoms with E-state index in [1.54, 1.807) is 36.4 Å². The van der Waals surface area contributed by atoms with E-state index in [9.17, 15) is 9.18 Å². The molecule has 0 atom stereocenters.